The lowest BCUT2D eigenvalue weighted by Crippen LogP contribution is -2.18. The van der Waals surface area contributed by atoms with E-state index in [4.69, 9.17) is 4.74 Å². The molecule has 1 N–H and O–H groups in total. The number of aryl methyl sites for hydroxylation is 3. The van der Waals surface area contributed by atoms with Crippen molar-refractivity contribution in [2.24, 2.45) is 7.05 Å². The van der Waals surface area contributed by atoms with Crippen molar-refractivity contribution in [2.75, 3.05) is 6.61 Å². The molecule has 8 heteroatoms. The molecular weight excluding hydrogens is 352 g/mol. The van der Waals surface area contributed by atoms with Gasteiger partial charge in [0.25, 0.3) is 0 Å². The normalized spacial score (nSPS) is 11.5. The van der Waals surface area contributed by atoms with Gasteiger partial charge >= 0.3 is 11.7 Å². The summed E-state index contributed by atoms with van der Waals surface area (Å²) in [4.78, 5) is 28.6. The molecule has 0 fully saturated rings. The van der Waals surface area contributed by atoms with Gasteiger partial charge < -0.3 is 9.72 Å². The molecule has 3 aromatic heterocycles. The van der Waals surface area contributed by atoms with Crippen LogP contribution in [0.5, 0.6) is 0 Å². The molecule has 0 aliphatic heterocycles. The summed E-state index contributed by atoms with van der Waals surface area (Å²) in [7, 11) is 1.86. The number of esters is 1. The van der Waals surface area contributed by atoms with Gasteiger partial charge in [-0.05, 0) is 31.5 Å². The Labute approximate surface area is 152 Å². The topological polar surface area (TPSA) is 81.9 Å². The van der Waals surface area contributed by atoms with Gasteiger partial charge in [0.2, 0.25) is 0 Å². The van der Waals surface area contributed by atoms with Gasteiger partial charge in [-0.15, -0.1) is 11.3 Å². The highest BCUT2D eigenvalue weighted by molar-refractivity contribution is 7.20. The number of imidazole rings is 1. The van der Waals surface area contributed by atoms with Crippen molar-refractivity contribution in [1.82, 2.24) is 19.3 Å². The van der Waals surface area contributed by atoms with Gasteiger partial charge in [0.15, 0.2) is 0 Å². The second-order valence-electron chi connectivity index (χ2n) is 6.13. The zero-order valence-electron chi connectivity index (χ0n) is 14.5. The lowest BCUT2D eigenvalue weighted by molar-refractivity contribution is 0.0502. The van der Waals surface area contributed by atoms with E-state index in [0.717, 1.165) is 26.9 Å². The van der Waals surface area contributed by atoms with Crippen molar-refractivity contribution < 1.29 is 9.53 Å². The van der Waals surface area contributed by atoms with Crippen LogP contribution in [0.3, 0.4) is 0 Å². The van der Waals surface area contributed by atoms with Crippen LogP contribution in [0.25, 0.3) is 21.3 Å². The number of hydrogen-bond acceptors (Lipinski definition) is 5. The number of aromatic nitrogens is 4. The van der Waals surface area contributed by atoms with Crippen molar-refractivity contribution in [3.8, 4) is 0 Å². The molecule has 0 saturated heterocycles. The fourth-order valence-electron chi connectivity index (χ4n) is 3.09. The van der Waals surface area contributed by atoms with Crippen LogP contribution in [-0.2, 0) is 18.3 Å². The van der Waals surface area contributed by atoms with E-state index in [0.29, 0.717) is 17.8 Å². The van der Waals surface area contributed by atoms with Crippen LogP contribution < -0.4 is 5.69 Å². The molecule has 0 radical (unpaired) electrons. The smallest absolute Gasteiger partial charge is 0.348 e. The summed E-state index contributed by atoms with van der Waals surface area (Å²) in [5, 5.41) is 5.31. The molecule has 0 unspecified atom stereocenters. The average Bonchev–Trinajstić information content (AvgIpc) is 3.26. The molecule has 7 nitrogen and oxygen atoms in total. The molecule has 0 amide bonds. The maximum absolute atomic E-state index is 12.3. The minimum Gasteiger partial charge on any atom is -0.461 e. The molecule has 4 aromatic rings. The fraction of sp³-hybridized carbons (Fsp3) is 0.278. The SMILES string of the molecule is Cc1nn(C)c2sc(C(=O)OCCCn3c(=O)[nH]c4ccccc43)cc12. The summed E-state index contributed by atoms with van der Waals surface area (Å²) >= 11 is 1.38. The lowest BCUT2D eigenvalue weighted by atomic mass is 10.3. The monoisotopic (exact) mass is 370 g/mol. The largest absolute Gasteiger partial charge is 0.461 e. The number of aromatic amines is 1. The van der Waals surface area contributed by atoms with E-state index in [-0.39, 0.29) is 18.3 Å². The Balaban J connectivity index is 1.39. The number of rotatable bonds is 5. The number of benzene rings is 1. The predicted octanol–water partition coefficient (Wildman–Crippen LogP) is 2.83. The van der Waals surface area contributed by atoms with Crippen LogP contribution in [0.4, 0.5) is 0 Å². The number of nitrogens with zero attached hydrogens (tertiary/aromatic N) is 3. The molecule has 134 valence electrons. The average molecular weight is 370 g/mol. The molecule has 0 bridgehead atoms. The van der Waals surface area contributed by atoms with E-state index in [1.807, 2.05) is 44.3 Å². The summed E-state index contributed by atoms with van der Waals surface area (Å²) in [6.07, 6.45) is 0.568. The molecule has 0 aliphatic carbocycles. The molecule has 1 aromatic carbocycles. The van der Waals surface area contributed by atoms with Crippen LogP contribution in [0.1, 0.15) is 21.8 Å². The van der Waals surface area contributed by atoms with Gasteiger partial charge in [0, 0.05) is 19.0 Å². The van der Waals surface area contributed by atoms with Crippen molar-refractivity contribution in [2.45, 2.75) is 19.9 Å². The highest BCUT2D eigenvalue weighted by Gasteiger charge is 2.16. The van der Waals surface area contributed by atoms with Crippen molar-refractivity contribution in [3.05, 3.63) is 51.4 Å². The first-order valence-corrected chi connectivity index (χ1v) is 9.14. The first kappa shape index (κ1) is 16.6. The lowest BCUT2D eigenvalue weighted by Gasteiger charge is -2.05. The number of fused-ring (bicyclic) bond motifs is 2. The van der Waals surface area contributed by atoms with Gasteiger partial charge in [-0.25, -0.2) is 9.59 Å². The van der Waals surface area contributed by atoms with E-state index in [1.165, 1.54) is 11.3 Å². The van der Waals surface area contributed by atoms with Crippen molar-refractivity contribution in [1.29, 1.82) is 0 Å². The number of carbonyl (C=O) groups excluding carboxylic acids is 1. The Morgan fingerprint density at radius 2 is 2.15 bits per heavy atom. The highest BCUT2D eigenvalue weighted by atomic mass is 32.1. The van der Waals surface area contributed by atoms with Crippen LogP contribution in [0, 0.1) is 6.92 Å². The molecule has 4 rings (SSSR count). The number of nitrogens with one attached hydrogen (secondary N) is 1. The van der Waals surface area contributed by atoms with Crippen LogP contribution in [-0.4, -0.2) is 31.9 Å². The molecule has 0 atom stereocenters. The number of ether oxygens (including phenoxy) is 1. The molecule has 26 heavy (non-hydrogen) atoms. The Morgan fingerprint density at radius 1 is 1.35 bits per heavy atom. The number of hydrogen-bond donors (Lipinski definition) is 1. The number of carbonyl (C=O) groups is 1. The molecular formula is C18H18N4O3S. The van der Waals surface area contributed by atoms with Crippen molar-refractivity contribution >= 4 is 38.6 Å². The molecule has 0 saturated carbocycles. The van der Waals surface area contributed by atoms with E-state index in [1.54, 1.807) is 9.25 Å². The first-order valence-electron chi connectivity index (χ1n) is 8.32. The van der Waals surface area contributed by atoms with Crippen molar-refractivity contribution in [3.63, 3.8) is 0 Å². The minimum absolute atomic E-state index is 0.148. The summed E-state index contributed by atoms with van der Waals surface area (Å²) < 4.78 is 8.81. The van der Waals surface area contributed by atoms with Gasteiger partial charge in [0.1, 0.15) is 9.71 Å². The third kappa shape index (κ3) is 2.82. The van der Waals surface area contributed by atoms with Gasteiger partial charge in [0.05, 0.1) is 23.3 Å². The number of thiophene rings is 1. The number of para-hydroxylation sites is 2. The summed E-state index contributed by atoms with van der Waals surface area (Å²) in [6, 6.07) is 9.37. The standard InChI is InChI=1S/C18H18N4O3S/c1-11-12-10-15(26-16(12)21(2)20-11)17(23)25-9-5-8-22-14-7-4-3-6-13(14)19-18(22)24/h3-4,6-7,10H,5,8-9H2,1-2H3,(H,19,24). The zero-order valence-corrected chi connectivity index (χ0v) is 15.3. The molecule has 0 spiro atoms. The molecule has 0 aliphatic rings. The Hall–Kier alpha value is -2.87. The highest BCUT2D eigenvalue weighted by Crippen LogP contribution is 2.28. The first-order chi connectivity index (χ1) is 12.5. The quantitative estimate of drug-likeness (QED) is 0.433. The minimum atomic E-state index is -0.336. The summed E-state index contributed by atoms with van der Waals surface area (Å²) in [5.41, 5.74) is 2.42. The van der Waals surface area contributed by atoms with Crippen LogP contribution in [0.15, 0.2) is 35.1 Å². The van der Waals surface area contributed by atoms with E-state index < -0.39 is 0 Å². The maximum Gasteiger partial charge on any atom is 0.348 e. The third-order valence-corrected chi connectivity index (χ3v) is 5.52. The third-order valence-electron chi connectivity index (χ3n) is 4.34. The van der Waals surface area contributed by atoms with Gasteiger partial charge in [-0.3, -0.25) is 9.25 Å². The van der Waals surface area contributed by atoms with Crippen LogP contribution >= 0.6 is 11.3 Å². The Kier molecular flexibility index (Phi) is 4.12. The molecule has 3 heterocycles. The zero-order chi connectivity index (χ0) is 18.3. The van der Waals surface area contributed by atoms with Gasteiger partial charge in [-0.1, -0.05) is 12.1 Å². The maximum atomic E-state index is 12.3. The van der Waals surface area contributed by atoms with E-state index >= 15 is 0 Å². The van der Waals surface area contributed by atoms with E-state index in [9.17, 15) is 9.59 Å². The van der Waals surface area contributed by atoms with Crippen LogP contribution in [0.2, 0.25) is 0 Å². The fourth-order valence-corrected chi connectivity index (χ4v) is 4.11. The Bertz CT molecular complexity index is 1130. The van der Waals surface area contributed by atoms with Gasteiger partial charge in [-0.2, -0.15) is 5.10 Å². The Morgan fingerprint density at radius 3 is 2.96 bits per heavy atom. The second-order valence-corrected chi connectivity index (χ2v) is 7.16. The summed E-state index contributed by atoms with van der Waals surface area (Å²) in [6.45, 7) is 2.67. The van der Waals surface area contributed by atoms with E-state index in [2.05, 4.69) is 10.1 Å². The second kappa shape index (κ2) is 6.45. The number of H-pyrrole nitrogens is 1. The predicted molar refractivity (Wildman–Crippen MR) is 101 cm³/mol. The summed E-state index contributed by atoms with van der Waals surface area (Å²) in [5.74, 6) is -0.336.